The number of esters is 4. The van der Waals surface area contributed by atoms with Gasteiger partial charge in [0.15, 0.2) is 0 Å². The number of ether oxygens (including phenoxy) is 4. The van der Waals surface area contributed by atoms with Gasteiger partial charge < -0.3 is 45.5 Å². The Bertz CT molecular complexity index is 701. The molecule has 4 atom stereocenters. The molecule has 1 rings (SSSR count). The molecule has 0 N–H and O–H groups in total. The molecule has 0 aromatic carbocycles. The zero-order valence-electron chi connectivity index (χ0n) is 24.8. The molecular formula is C26H44Cl2MnN5O8-5. The summed E-state index contributed by atoms with van der Waals surface area (Å²) in [6.45, 7) is 8.84. The van der Waals surface area contributed by atoms with Crippen LogP contribution in [0.3, 0.4) is 0 Å². The van der Waals surface area contributed by atoms with Crippen molar-refractivity contribution in [3.05, 3.63) is 26.6 Å². The van der Waals surface area contributed by atoms with E-state index in [-0.39, 0.29) is 109 Å². The van der Waals surface area contributed by atoms with Gasteiger partial charge in [0.25, 0.3) is 0 Å². The third-order valence-corrected chi connectivity index (χ3v) is 5.61. The summed E-state index contributed by atoms with van der Waals surface area (Å²) < 4.78 is 21.2. The van der Waals surface area contributed by atoms with Crippen LogP contribution in [0.15, 0.2) is 0 Å². The Morgan fingerprint density at radius 3 is 1.14 bits per heavy atom. The molecule has 1 saturated heterocycles. The molecule has 1 unspecified atom stereocenters. The SMILES string of the molecule is CCC(=O)OCC1C[N-]CC[N-][C@@H](COC(=O)CC)C[N-][C@H](COC(=O)CC)C[N-][C@@H](COC(=O)CC)C[N-]1.[Cl][Mn][Cl]. The van der Waals surface area contributed by atoms with Crippen molar-refractivity contribution in [2.45, 2.75) is 77.5 Å². The second-order valence-corrected chi connectivity index (χ2v) is 10.9. The first-order valence-electron chi connectivity index (χ1n) is 14.0. The van der Waals surface area contributed by atoms with E-state index in [0.29, 0.717) is 19.6 Å². The van der Waals surface area contributed by atoms with Gasteiger partial charge in [-0.05, 0) is 0 Å². The van der Waals surface area contributed by atoms with Gasteiger partial charge in [-0.15, -0.1) is 24.2 Å². The van der Waals surface area contributed by atoms with Crippen LogP contribution in [-0.2, 0) is 51.3 Å². The van der Waals surface area contributed by atoms with Crippen molar-refractivity contribution >= 4 is 44.1 Å². The minimum absolute atomic E-state index is 0.00694. The maximum atomic E-state index is 11.8. The van der Waals surface area contributed by atoms with E-state index < -0.39 is 24.2 Å². The summed E-state index contributed by atoms with van der Waals surface area (Å²) in [7, 11) is 9.59. The number of hydrogen-bond acceptors (Lipinski definition) is 8. The van der Waals surface area contributed by atoms with Crippen LogP contribution in [0.25, 0.3) is 26.6 Å². The van der Waals surface area contributed by atoms with Crippen LogP contribution in [0, 0.1) is 0 Å². The number of halogens is 2. The molecule has 42 heavy (non-hydrogen) atoms. The Hall–Kier alpha value is -1.22. The number of carbonyl (C=O) groups is 4. The average Bonchev–Trinajstić information content (AvgIpc) is 3.00. The van der Waals surface area contributed by atoms with Crippen molar-refractivity contribution in [3.63, 3.8) is 0 Å². The number of rotatable bonds is 12. The zero-order valence-corrected chi connectivity index (χ0v) is 27.5. The maximum absolute atomic E-state index is 11.8. The van der Waals surface area contributed by atoms with Gasteiger partial charge in [0.05, 0.1) is 26.4 Å². The van der Waals surface area contributed by atoms with Crippen molar-refractivity contribution < 1.29 is 51.3 Å². The number of nitrogens with zero attached hydrogens (tertiary/aromatic N) is 5. The molecule has 0 saturated carbocycles. The molecule has 0 aromatic rings. The molecule has 247 valence electrons. The molecule has 0 aromatic heterocycles. The van der Waals surface area contributed by atoms with Crippen molar-refractivity contribution in [2.24, 2.45) is 0 Å². The Morgan fingerprint density at radius 1 is 0.548 bits per heavy atom. The molecule has 0 radical (unpaired) electrons. The summed E-state index contributed by atoms with van der Waals surface area (Å²) in [6, 6.07) is -1.73. The van der Waals surface area contributed by atoms with Crippen LogP contribution in [-0.4, -0.2) is 114 Å². The second-order valence-electron chi connectivity index (χ2n) is 8.95. The monoisotopic (exact) mass is 679 g/mol. The van der Waals surface area contributed by atoms with Gasteiger partial charge in [-0.2, -0.15) is 39.3 Å². The quantitative estimate of drug-likeness (QED) is 0.164. The first-order chi connectivity index (χ1) is 20.2. The molecule has 16 heteroatoms. The van der Waals surface area contributed by atoms with E-state index in [9.17, 15) is 19.2 Å². The van der Waals surface area contributed by atoms with Crippen LogP contribution < -0.4 is 0 Å². The van der Waals surface area contributed by atoms with Gasteiger partial charge in [-0.3, -0.25) is 19.2 Å². The van der Waals surface area contributed by atoms with Gasteiger partial charge in [-0.1, -0.05) is 27.7 Å². The van der Waals surface area contributed by atoms with Crippen LogP contribution in [0.1, 0.15) is 53.4 Å². The molecule has 0 amide bonds. The fourth-order valence-electron chi connectivity index (χ4n) is 3.18. The molecule has 0 aliphatic carbocycles. The zero-order chi connectivity index (χ0) is 31.6. The van der Waals surface area contributed by atoms with Gasteiger partial charge in [-0.25, -0.2) is 0 Å². The first kappa shape index (κ1) is 40.8. The van der Waals surface area contributed by atoms with Crippen molar-refractivity contribution in [2.75, 3.05) is 65.7 Å². The summed E-state index contributed by atoms with van der Waals surface area (Å²) in [5.41, 5.74) is 0. The molecule has 1 aliphatic rings. The van der Waals surface area contributed by atoms with E-state index in [4.69, 9.17) is 39.1 Å². The molecule has 1 fully saturated rings. The van der Waals surface area contributed by atoms with Crippen LogP contribution in [0.4, 0.5) is 0 Å². The predicted octanol–water partition coefficient (Wildman–Crippen LogP) is 4.53. The van der Waals surface area contributed by atoms with Gasteiger partial charge in [0.2, 0.25) is 0 Å². The van der Waals surface area contributed by atoms with E-state index >= 15 is 0 Å². The van der Waals surface area contributed by atoms with Crippen LogP contribution in [0.2, 0.25) is 0 Å². The normalized spacial score (nSPS) is 22.2. The number of hydrogen-bond donors (Lipinski definition) is 0. The van der Waals surface area contributed by atoms with Crippen molar-refractivity contribution in [1.82, 2.24) is 0 Å². The van der Waals surface area contributed by atoms with Crippen LogP contribution >= 0.6 is 20.2 Å². The molecule has 0 spiro atoms. The third kappa shape index (κ3) is 22.3. The summed E-state index contributed by atoms with van der Waals surface area (Å²) in [6.07, 6.45) is 0.976. The average molecular weight is 681 g/mol. The molecule has 1 heterocycles. The van der Waals surface area contributed by atoms with E-state index in [1.165, 1.54) is 0 Å². The number of carbonyl (C=O) groups excluding carboxylic acids is 4. The summed E-state index contributed by atoms with van der Waals surface area (Å²) >= 11 is 0.00694. The fraction of sp³-hybridized carbons (Fsp3) is 0.846. The minimum atomic E-state index is -0.472. The van der Waals surface area contributed by atoms with E-state index in [0.717, 1.165) is 0 Å². The van der Waals surface area contributed by atoms with E-state index in [1.807, 2.05) is 0 Å². The van der Waals surface area contributed by atoms with Gasteiger partial charge in [0, 0.05) is 25.7 Å². The Morgan fingerprint density at radius 2 is 0.833 bits per heavy atom. The Balaban J connectivity index is 0.00000535. The Kier molecular flexibility index (Phi) is 26.5. The third-order valence-electron chi connectivity index (χ3n) is 5.61. The van der Waals surface area contributed by atoms with Crippen LogP contribution in [0.5, 0.6) is 0 Å². The predicted molar refractivity (Wildman–Crippen MR) is 158 cm³/mol. The fourth-order valence-corrected chi connectivity index (χ4v) is 3.18. The molecule has 13 nitrogen and oxygen atoms in total. The summed E-state index contributed by atoms with van der Waals surface area (Å²) in [5, 5.41) is 23.1. The van der Waals surface area contributed by atoms with Crippen molar-refractivity contribution in [3.8, 4) is 0 Å². The second kappa shape index (κ2) is 27.3. The molecular weight excluding hydrogens is 636 g/mol. The molecule has 1 aliphatic heterocycles. The first-order valence-corrected chi connectivity index (χ1v) is 17.3. The summed E-state index contributed by atoms with van der Waals surface area (Å²) in [5.74, 6) is -1.36. The van der Waals surface area contributed by atoms with Crippen molar-refractivity contribution in [1.29, 1.82) is 0 Å². The summed E-state index contributed by atoms with van der Waals surface area (Å²) in [4.78, 5) is 47.0. The van der Waals surface area contributed by atoms with E-state index in [1.54, 1.807) is 27.7 Å². The van der Waals surface area contributed by atoms with E-state index in [2.05, 4.69) is 26.6 Å². The van der Waals surface area contributed by atoms with Gasteiger partial charge in [0.1, 0.15) is 0 Å². The Labute approximate surface area is 264 Å². The molecule has 0 bridgehead atoms. The topological polar surface area (TPSA) is 176 Å². The standard InChI is InChI=1S/C26H44N5O8.2ClH.Mn/c1-5-23(32)36-15-19-11-27-9-10-28-20(16-37-24(33)6-2)12-30-22(18-39-26(35)8-4)14-31-21(13-29-19)17-38-25(34)7-3;;;/h19-22H,5-18H2,1-4H3;2*1H;/q-5;;;+2/p-2/t19?,20-,21-,22+;;;/m1.../s1. The van der Waals surface area contributed by atoms with Gasteiger partial charge >= 0.3 is 57.2 Å².